The van der Waals surface area contributed by atoms with E-state index in [9.17, 15) is 0 Å². The van der Waals surface area contributed by atoms with Crippen molar-refractivity contribution < 1.29 is 9.94 Å². The maximum Gasteiger partial charge on any atom is 0.0786 e. The van der Waals surface area contributed by atoms with Gasteiger partial charge in [0.1, 0.15) is 0 Å². The lowest BCUT2D eigenvalue weighted by atomic mass is 10.3. The minimum Gasteiger partial charge on any atom is -0.396 e. The second-order valence-electron chi connectivity index (χ2n) is 2.24. The topological polar surface area (TPSA) is 32.7 Å². The van der Waals surface area contributed by atoms with Gasteiger partial charge >= 0.3 is 0 Å². The Morgan fingerprint density at radius 2 is 2.11 bits per heavy atom. The summed E-state index contributed by atoms with van der Waals surface area (Å²) in [6, 6.07) is 0. The highest BCUT2D eigenvalue weighted by molar-refractivity contribution is 4.44. The summed E-state index contributed by atoms with van der Waals surface area (Å²) in [6.07, 6.45) is 0.808. The first-order chi connectivity index (χ1) is 4.16. The van der Waals surface area contributed by atoms with Gasteiger partial charge in [0, 0.05) is 20.7 Å². The number of hydroxylamine groups is 2. The van der Waals surface area contributed by atoms with Crippen molar-refractivity contribution >= 4 is 0 Å². The zero-order valence-corrected chi connectivity index (χ0v) is 6.29. The molecule has 0 bridgehead atoms. The summed E-state index contributed by atoms with van der Waals surface area (Å²) in [4.78, 5) is 5.16. The van der Waals surface area contributed by atoms with Crippen LogP contribution in [-0.4, -0.2) is 37.0 Å². The maximum absolute atomic E-state index is 8.45. The van der Waals surface area contributed by atoms with Crippen LogP contribution in [0.25, 0.3) is 0 Å². The predicted molar refractivity (Wildman–Crippen MR) is 35.9 cm³/mol. The van der Waals surface area contributed by atoms with Crippen LogP contribution in [0.2, 0.25) is 0 Å². The van der Waals surface area contributed by atoms with Gasteiger partial charge in [-0.05, 0) is 13.3 Å². The summed E-state index contributed by atoms with van der Waals surface area (Å²) in [5.41, 5.74) is 0. The molecule has 1 atom stereocenters. The van der Waals surface area contributed by atoms with Gasteiger partial charge in [-0.15, -0.1) is 0 Å². The Hall–Kier alpha value is -0.120. The van der Waals surface area contributed by atoms with E-state index in [4.69, 9.17) is 9.94 Å². The van der Waals surface area contributed by atoms with Crippen LogP contribution in [0, 0.1) is 0 Å². The SMILES string of the molecule is CC(CCO)ON(C)C. The number of aliphatic hydroxyl groups excluding tert-OH is 1. The molecule has 9 heavy (non-hydrogen) atoms. The highest BCUT2D eigenvalue weighted by Gasteiger charge is 2.00. The van der Waals surface area contributed by atoms with Crippen LogP contribution in [0.1, 0.15) is 13.3 Å². The van der Waals surface area contributed by atoms with Crippen molar-refractivity contribution in [2.45, 2.75) is 19.4 Å². The molecule has 1 unspecified atom stereocenters. The number of hydrogen-bond acceptors (Lipinski definition) is 3. The Kier molecular flexibility index (Phi) is 4.67. The van der Waals surface area contributed by atoms with Gasteiger partial charge in [-0.3, -0.25) is 4.84 Å². The third kappa shape index (κ3) is 5.76. The molecule has 0 aromatic heterocycles. The molecule has 0 saturated heterocycles. The zero-order chi connectivity index (χ0) is 7.28. The van der Waals surface area contributed by atoms with Gasteiger partial charge in [-0.1, -0.05) is 0 Å². The fraction of sp³-hybridized carbons (Fsp3) is 1.00. The van der Waals surface area contributed by atoms with Crippen molar-refractivity contribution in [3.63, 3.8) is 0 Å². The Labute approximate surface area is 56.2 Å². The second kappa shape index (κ2) is 4.73. The van der Waals surface area contributed by atoms with Gasteiger partial charge in [0.05, 0.1) is 6.10 Å². The zero-order valence-electron chi connectivity index (χ0n) is 6.29. The first-order valence-electron chi connectivity index (χ1n) is 3.11. The molecule has 0 rings (SSSR count). The van der Waals surface area contributed by atoms with E-state index in [1.54, 1.807) is 5.06 Å². The summed E-state index contributed by atoms with van der Waals surface area (Å²) in [5, 5.41) is 10.1. The van der Waals surface area contributed by atoms with E-state index in [-0.39, 0.29) is 12.7 Å². The van der Waals surface area contributed by atoms with E-state index in [1.165, 1.54) is 0 Å². The van der Waals surface area contributed by atoms with E-state index >= 15 is 0 Å². The average molecular weight is 133 g/mol. The minimum atomic E-state index is 0.116. The Bertz CT molecular complexity index is 66.1. The van der Waals surface area contributed by atoms with E-state index in [1.807, 2.05) is 21.0 Å². The average Bonchev–Trinajstić information content (AvgIpc) is 1.63. The molecule has 0 aromatic rings. The lowest BCUT2D eigenvalue weighted by Gasteiger charge is -2.16. The van der Waals surface area contributed by atoms with Gasteiger partial charge < -0.3 is 5.11 Å². The van der Waals surface area contributed by atoms with Crippen LogP contribution in [-0.2, 0) is 4.84 Å². The molecular formula is C6H15NO2. The molecule has 0 aromatic carbocycles. The molecular weight excluding hydrogens is 118 g/mol. The molecule has 0 aliphatic heterocycles. The van der Waals surface area contributed by atoms with Crippen LogP contribution < -0.4 is 0 Å². The van der Waals surface area contributed by atoms with E-state index in [0.717, 1.165) is 0 Å². The first kappa shape index (κ1) is 8.88. The monoisotopic (exact) mass is 133 g/mol. The summed E-state index contributed by atoms with van der Waals surface area (Å²) in [6.45, 7) is 2.12. The molecule has 0 aliphatic carbocycles. The van der Waals surface area contributed by atoms with Gasteiger partial charge in [0.15, 0.2) is 0 Å². The summed E-state index contributed by atoms with van der Waals surface area (Å²) < 4.78 is 0. The largest absolute Gasteiger partial charge is 0.396 e. The highest BCUT2D eigenvalue weighted by Crippen LogP contribution is 1.96. The molecule has 0 amide bonds. The van der Waals surface area contributed by atoms with Crippen LogP contribution in [0.15, 0.2) is 0 Å². The van der Waals surface area contributed by atoms with Crippen molar-refractivity contribution in [2.24, 2.45) is 0 Å². The molecule has 0 heterocycles. The molecule has 1 N–H and O–H groups in total. The molecule has 0 fully saturated rings. The highest BCUT2D eigenvalue weighted by atomic mass is 16.7. The lowest BCUT2D eigenvalue weighted by Crippen LogP contribution is -2.21. The number of rotatable bonds is 4. The van der Waals surface area contributed by atoms with Gasteiger partial charge in [-0.2, -0.15) is 5.06 Å². The molecule has 56 valence electrons. The fourth-order valence-corrected chi connectivity index (χ4v) is 0.594. The van der Waals surface area contributed by atoms with Crippen LogP contribution in [0.4, 0.5) is 0 Å². The van der Waals surface area contributed by atoms with E-state index in [2.05, 4.69) is 0 Å². The van der Waals surface area contributed by atoms with Gasteiger partial charge in [0.2, 0.25) is 0 Å². The second-order valence-corrected chi connectivity index (χ2v) is 2.24. The molecule has 3 nitrogen and oxygen atoms in total. The molecule has 0 aliphatic rings. The van der Waals surface area contributed by atoms with Crippen LogP contribution in [0.3, 0.4) is 0 Å². The van der Waals surface area contributed by atoms with E-state index in [0.29, 0.717) is 6.42 Å². The molecule has 0 radical (unpaired) electrons. The van der Waals surface area contributed by atoms with Crippen molar-refractivity contribution in [1.29, 1.82) is 0 Å². The van der Waals surface area contributed by atoms with E-state index < -0.39 is 0 Å². The number of hydrogen-bond donors (Lipinski definition) is 1. The summed E-state index contributed by atoms with van der Waals surface area (Å²) in [5.74, 6) is 0. The smallest absolute Gasteiger partial charge is 0.0786 e. The normalized spacial score (nSPS) is 14.3. The van der Waals surface area contributed by atoms with Crippen molar-refractivity contribution in [1.82, 2.24) is 5.06 Å². The molecule has 0 saturated carbocycles. The minimum absolute atomic E-state index is 0.116. The Balaban J connectivity index is 3.15. The van der Waals surface area contributed by atoms with Crippen molar-refractivity contribution in [3.05, 3.63) is 0 Å². The van der Waals surface area contributed by atoms with Crippen LogP contribution in [0.5, 0.6) is 0 Å². The third-order valence-corrected chi connectivity index (χ3v) is 0.926. The van der Waals surface area contributed by atoms with Gasteiger partial charge in [0.25, 0.3) is 0 Å². The lowest BCUT2D eigenvalue weighted by molar-refractivity contribution is -0.162. The molecule has 0 spiro atoms. The fourth-order valence-electron chi connectivity index (χ4n) is 0.594. The van der Waals surface area contributed by atoms with Crippen LogP contribution >= 0.6 is 0 Å². The Morgan fingerprint density at radius 3 is 2.44 bits per heavy atom. The summed E-state index contributed by atoms with van der Waals surface area (Å²) in [7, 11) is 3.65. The third-order valence-electron chi connectivity index (χ3n) is 0.926. The van der Waals surface area contributed by atoms with Crippen molar-refractivity contribution in [3.8, 4) is 0 Å². The van der Waals surface area contributed by atoms with Crippen molar-refractivity contribution in [2.75, 3.05) is 20.7 Å². The van der Waals surface area contributed by atoms with Gasteiger partial charge in [-0.25, -0.2) is 0 Å². The quantitative estimate of drug-likeness (QED) is 0.558. The Morgan fingerprint density at radius 1 is 1.56 bits per heavy atom. The first-order valence-corrected chi connectivity index (χ1v) is 3.11. The predicted octanol–water partition coefficient (Wildman–Crippen LogP) is 0.251. The number of aliphatic hydroxyl groups is 1. The maximum atomic E-state index is 8.45. The number of nitrogens with zero attached hydrogens (tertiary/aromatic N) is 1. The standard InChI is InChI=1S/C6H15NO2/c1-6(4-5-8)9-7(2)3/h6,8H,4-5H2,1-3H3. The summed E-state index contributed by atoms with van der Waals surface area (Å²) >= 11 is 0. The molecule has 3 heteroatoms.